The van der Waals surface area contributed by atoms with E-state index in [0.717, 1.165) is 58.0 Å². The molecule has 0 aromatic rings. The molecule has 5 nitrogen and oxygen atoms in total. The van der Waals surface area contributed by atoms with E-state index in [1.807, 2.05) is 0 Å². The predicted molar refractivity (Wildman–Crippen MR) is 118 cm³/mol. The Morgan fingerprint density at radius 1 is 0.889 bits per heavy atom. The highest BCUT2D eigenvalue weighted by Gasteiger charge is 2.31. The van der Waals surface area contributed by atoms with Crippen LogP contribution in [-0.4, -0.2) is 37.6 Å². The van der Waals surface area contributed by atoms with Crippen LogP contribution < -0.4 is 22.1 Å². The third kappa shape index (κ3) is 11.8. The molecule has 27 heavy (non-hydrogen) atoms. The molecule has 0 amide bonds. The minimum Gasteiger partial charge on any atom is -0.330 e. The molecule has 0 aliphatic rings. The largest absolute Gasteiger partial charge is 0.330 e. The van der Waals surface area contributed by atoms with Crippen LogP contribution >= 0.6 is 0 Å². The molecule has 2 unspecified atom stereocenters. The molecular weight excluding hydrogens is 336 g/mol. The van der Waals surface area contributed by atoms with Gasteiger partial charge in [-0.3, -0.25) is 15.4 Å². The summed E-state index contributed by atoms with van der Waals surface area (Å²) < 4.78 is 0. The number of rotatable bonds is 19. The van der Waals surface area contributed by atoms with E-state index in [9.17, 15) is 4.79 Å². The maximum Gasteiger partial charge on any atom is 0.132 e. The van der Waals surface area contributed by atoms with E-state index in [1.165, 1.54) is 19.3 Å². The number of ketones is 1. The van der Waals surface area contributed by atoms with Crippen LogP contribution in [-0.2, 0) is 4.79 Å². The van der Waals surface area contributed by atoms with Gasteiger partial charge in [0.25, 0.3) is 0 Å². The molecule has 5 heteroatoms. The lowest BCUT2D eigenvalue weighted by atomic mass is 9.85. The van der Waals surface area contributed by atoms with Crippen molar-refractivity contribution in [3.63, 3.8) is 0 Å². The molecule has 0 saturated heterocycles. The lowest BCUT2D eigenvalue weighted by molar-refractivity contribution is -0.121. The number of nitrogens with two attached hydrogens (primary N) is 2. The van der Waals surface area contributed by atoms with Gasteiger partial charge in [0.05, 0.1) is 5.66 Å². The number of unbranched alkanes of at least 4 members (excludes halogenated alkanes) is 2. The van der Waals surface area contributed by atoms with Crippen molar-refractivity contribution in [3.05, 3.63) is 0 Å². The average molecular weight is 385 g/mol. The van der Waals surface area contributed by atoms with Crippen molar-refractivity contribution in [2.75, 3.05) is 26.2 Å². The van der Waals surface area contributed by atoms with Crippen molar-refractivity contribution in [1.82, 2.24) is 10.6 Å². The minimum absolute atomic E-state index is 0.0821. The van der Waals surface area contributed by atoms with E-state index in [1.54, 1.807) is 6.92 Å². The Morgan fingerprint density at radius 2 is 1.41 bits per heavy atom. The summed E-state index contributed by atoms with van der Waals surface area (Å²) in [5.41, 5.74) is 11.3. The quantitative estimate of drug-likeness (QED) is 0.202. The Balaban J connectivity index is 4.58. The Bertz CT molecular complexity index is 352. The zero-order chi connectivity index (χ0) is 20.5. The molecule has 2 atom stereocenters. The number of hydrogen-bond acceptors (Lipinski definition) is 5. The second kappa shape index (κ2) is 16.5. The molecular formula is C22H48N4O. The van der Waals surface area contributed by atoms with Gasteiger partial charge in [-0.25, -0.2) is 0 Å². The van der Waals surface area contributed by atoms with Crippen LogP contribution in [0, 0.1) is 11.8 Å². The first-order chi connectivity index (χ1) is 12.9. The molecule has 6 N–H and O–H groups in total. The second-order valence-corrected chi connectivity index (χ2v) is 8.18. The molecule has 0 rings (SSSR count). The molecule has 0 aliphatic heterocycles. The maximum absolute atomic E-state index is 11.8. The van der Waals surface area contributed by atoms with Crippen LogP contribution in [0.3, 0.4) is 0 Å². The highest BCUT2D eigenvalue weighted by molar-refractivity contribution is 5.78. The first-order valence-electron chi connectivity index (χ1n) is 11.4. The maximum atomic E-state index is 11.8. The zero-order valence-electron chi connectivity index (χ0n) is 18.6. The summed E-state index contributed by atoms with van der Waals surface area (Å²) in [6.07, 6.45) is 11.0. The van der Waals surface area contributed by atoms with Gasteiger partial charge in [-0.05, 0) is 78.0 Å². The zero-order valence-corrected chi connectivity index (χ0v) is 18.6. The fourth-order valence-corrected chi connectivity index (χ4v) is 3.94. The van der Waals surface area contributed by atoms with Crippen LogP contribution in [0.2, 0.25) is 0 Å². The monoisotopic (exact) mass is 384 g/mol. The van der Waals surface area contributed by atoms with Crippen LogP contribution in [0.15, 0.2) is 0 Å². The summed E-state index contributed by atoms with van der Waals surface area (Å²) >= 11 is 0. The van der Waals surface area contributed by atoms with Crippen LogP contribution in [0.4, 0.5) is 0 Å². The molecule has 162 valence electrons. The van der Waals surface area contributed by atoms with Crippen molar-refractivity contribution in [3.8, 4) is 0 Å². The molecule has 0 heterocycles. The summed E-state index contributed by atoms with van der Waals surface area (Å²) in [6, 6.07) is 0. The molecule has 0 aromatic carbocycles. The number of Topliss-reactive ketones (excluding diaryl/α,β-unsaturated/α-hetero) is 1. The van der Waals surface area contributed by atoms with Crippen molar-refractivity contribution in [1.29, 1.82) is 0 Å². The Morgan fingerprint density at radius 3 is 1.85 bits per heavy atom. The van der Waals surface area contributed by atoms with E-state index in [4.69, 9.17) is 11.5 Å². The number of carbonyl (C=O) groups is 1. The van der Waals surface area contributed by atoms with E-state index < -0.39 is 0 Å². The smallest absolute Gasteiger partial charge is 0.132 e. The molecule has 0 aliphatic carbocycles. The lowest BCUT2D eigenvalue weighted by Gasteiger charge is -2.40. The molecule has 0 aromatic heterocycles. The number of nitrogens with one attached hydrogen (secondary N) is 2. The van der Waals surface area contributed by atoms with E-state index >= 15 is 0 Å². The number of hydrogen-bond donors (Lipinski definition) is 4. The van der Waals surface area contributed by atoms with E-state index in [0.29, 0.717) is 24.8 Å². The summed E-state index contributed by atoms with van der Waals surface area (Å²) in [4.78, 5) is 11.8. The van der Waals surface area contributed by atoms with Gasteiger partial charge >= 0.3 is 0 Å². The van der Waals surface area contributed by atoms with Crippen molar-refractivity contribution < 1.29 is 4.79 Å². The highest BCUT2D eigenvalue weighted by Crippen LogP contribution is 2.26. The molecule has 0 fully saturated rings. The van der Waals surface area contributed by atoms with Gasteiger partial charge in [0, 0.05) is 5.92 Å². The Labute approximate surface area is 168 Å². The highest BCUT2D eigenvalue weighted by atomic mass is 16.1. The van der Waals surface area contributed by atoms with E-state index in [-0.39, 0.29) is 11.6 Å². The summed E-state index contributed by atoms with van der Waals surface area (Å²) in [6.45, 7) is 11.8. The molecule has 0 bridgehead atoms. The topological polar surface area (TPSA) is 93.2 Å². The van der Waals surface area contributed by atoms with Crippen molar-refractivity contribution in [2.24, 2.45) is 23.3 Å². The fraction of sp³-hybridized carbons (Fsp3) is 0.955. The van der Waals surface area contributed by atoms with Crippen LogP contribution in [0.5, 0.6) is 0 Å². The Kier molecular flexibility index (Phi) is 16.2. The Hall–Kier alpha value is -0.490. The van der Waals surface area contributed by atoms with Crippen molar-refractivity contribution in [2.45, 2.75) is 97.6 Å². The normalized spacial score (nSPS) is 14.3. The first kappa shape index (κ1) is 26.5. The van der Waals surface area contributed by atoms with Gasteiger partial charge in [-0.2, -0.15) is 0 Å². The lowest BCUT2D eigenvalue weighted by Crippen LogP contribution is -2.60. The fourth-order valence-electron chi connectivity index (χ4n) is 3.94. The standard InChI is InChI=1S/C22H48N4O/c1-5-7-12-20(19(3)27)13-8-9-14-21(6-2)22(4,25-17-10-15-23)26-18-11-16-24/h20-21,25-26H,5-18,23-24H2,1-4H3. The predicted octanol–water partition coefficient (Wildman–Crippen LogP) is 3.56. The van der Waals surface area contributed by atoms with E-state index in [2.05, 4.69) is 31.4 Å². The van der Waals surface area contributed by atoms with Gasteiger partial charge in [-0.1, -0.05) is 46.0 Å². The summed E-state index contributed by atoms with van der Waals surface area (Å²) in [7, 11) is 0. The molecule has 0 saturated carbocycles. The molecule has 0 spiro atoms. The van der Waals surface area contributed by atoms with Gasteiger partial charge in [0.2, 0.25) is 0 Å². The van der Waals surface area contributed by atoms with Gasteiger partial charge < -0.3 is 11.5 Å². The van der Waals surface area contributed by atoms with Crippen molar-refractivity contribution >= 4 is 5.78 Å². The van der Waals surface area contributed by atoms with Crippen LogP contribution in [0.25, 0.3) is 0 Å². The van der Waals surface area contributed by atoms with Gasteiger partial charge in [0.15, 0.2) is 0 Å². The third-order valence-corrected chi connectivity index (χ3v) is 5.89. The average Bonchev–Trinajstić information content (AvgIpc) is 2.64. The summed E-state index contributed by atoms with van der Waals surface area (Å²) in [5, 5.41) is 7.43. The third-order valence-electron chi connectivity index (χ3n) is 5.89. The summed E-state index contributed by atoms with van der Waals surface area (Å²) in [5.74, 6) is 1.19. The first-order valence-corrected chi connectivity index (χ1v) is 11.4. The van der Waals surface area contributed by atoms with Crippen LogP contribution in [0.1, 0.15) is 91.9 Å². The molecule has 0 radical (unpaired) electrons. The second-order valence-electron chi connectivity index (χ2n) is 8.18. The minimum atomic E-state index is -0.0821. The number of carbonyl (C=O) groups excluding carboxylic acids is 1. The van der Waals surface area contributed by atoms with Gasteiger partial charge in [-0.15, -0.1) is 0 Å². The van der Waals surface area contributed by atoms with Gasteiger partial charge in [0.1, 0.15) is 5.78 Å². The SMILES string of the molecule is CCCCC(CCCCC(CC)C(C)(NCCCN)NCCCN)C(C)=O.